The first-order chi connectivity index (χ1) is 17.2. The molecule has 0 spiro atoms. The molecule has 10 heteroatoms. The summed E-state index contributed by atoms with van der Waals surface area (Å²) in [6, 6.07) is 16.3. The molecule has 0 bridgehead atoms. The molecule has 0 saturated carbocycles. The zero-order valence-electron chi connectivity index (χ0n) is 20.9. The van der Waals surface area contributed by atoms with Gasteiger partial charge in [-0.15, -0.1) is 0 Å². The number of sulfonamides is 1. The molecule has 3 rings (SSSR count). The number of hydrogen-bond donors (Lipinski definition) is 1. The molecular formula is C26H30N2O7S. The lowest BCUT2D eigenvalue weighted by Gasteiger charge is -2.20. The number of nitrogens with zero attached hydrogens (tertiary/aromatic N) is 1. The van der Waals surface area contributed by atoms with Gasteiger partial charge in [-0.25, -0.2) is 8.42 Å². The average Bonchev–Trinajstić information content (AvgIpc) is 2.91. The van der Waals surface area contributed by atoms with Crippen molar-refractivity contribution in [3.8, 4) is 23.0 Å². The second-order valence-electron chi connectivity index (χ2n) is 7.73. The van der Waals surface area contributed by atoms with Crippen LogP contribution in [0.3, 0.4) is 0 Å². The molecule has 0 aliphatic rings. The highest BCUT2D eigenvalue weighted by Gasteiger charge is 2.23. The average molecular weight is 515 g/mol. The molecule has 36 heavy (non-hydrogen) atoms. The van der Waals surface area contributed by atoms with Crippen LogP contribution in [0.15, 0.2) is 65.6 Å². The lowest BCUT2D eigenvalue weighted by Crippen LogP contribution is -2.27. The highest BCUT2D eigenvalue weighted by Crippen LogP contribution is 2.32. The molecule has 0 saturated heterocycles. The Bertz CT molecular complexity index is 1310. The fourth-order valence-corrected chi connectivity index (χ4v) is 4.77. The van der Waals surface area contributed by atoms with Crippen LogP contribution < -0.4 is 28.6 Å². The minimum atomic E-state index is -3.86. The van der Waals surface area contributed by atoms with Crippen molar-refractivity contribution < 1.29 is 32.2 Å². The molecule has 0 aliphatic heterocycles. The van der Waals surface area contributed by atoms with Gasteiger partial charge in [-0.1, -0.05) is 6.07 Å². The summed E-state index contributed by atoms with van der Waals surface area (Å²) < 4.78 is 48.3. The van der Waals surface area contributed by atoms with Gasteiger partial charge in [-0.3, -0.25) is 9.10 Å². The number of amides is 1. The number of carbonyl (C=O) groups excluding carboxylic acids is 1. The van der Waals surface area contributed by atoms with E-state index in [0.29, 0.717) is 47.2 Å². The number of ether oxygens (including phenoxy) is 4. The smallest absolute Gasteiger partial charge is 0.264 e. The van der Waals surface area contributed by atoms with Gasteiger partial charge in [0.1, 0.15) is 0 Å². The summed E-state index contributed by atoms with van der Waals surface area (Å²) in [6.07, 6.45) is 0.608. The molecule has 0 fully saturated rings. The lowest BCUT2D eigenvalue weighted by atomic mass is 10.1. The summed E-state index contributed by atoms with van der Waals surface area (Å²) >= 11 is 0. The Hall–Kier alpha value is -3.92. The number of carbonyl (C=O) groups is 1. The first kappa shape index (κ1) is 26.7. The van der Waals surface area contributed by atoms with Crippen molar-refractivity contribution in [3.05, 3.63) is 71.8 Å². The van der Waals surface area contributed by atoms with Gasteiger partial charge in [0, 0.05) is 25.2 Å². The molecule has 9 nitrogen and oxygen atoms in total. The van der Waals surface area contributed by atoms with Gasteiger partial charge in [0.25, 0.3) is 15.9 Å². The molecule has 0 unspecified atom stereocenters. The maximum Gasteiger partial charge on any atom is 0.264 e. The van der Waals surface area contributed by atoms with E-state index in [1.165, 1.54) is 39.5 Å². The molecule has 192 valence electrons. The number of anilines is 1. The molecule has 0 aromatic heterocycles. The van der Waals surface area contributed by atoms with Crippen LogP contribution in [0.2, 0.25) is 0 Å². The van der Waals surface area contributed by atoms with Crippen LogP contribution in [-0.4, -0.2) is 56.4 Å². The molecule has 1 N–H and O–H groups in total. The second-order valence-corrected chi connectivity index (χ2v) is 9.70. The molecular weight excluding hydrogens is 484 g/mol. The summed E-state index contributed by atoms with van der Waals surface area (Å²) in [4.78, 5) is 12.6. The number of benzene rings is 3. The highest BCUT2D eigenvalue weighted by molar-refractivity contribution is 7.92. The van der Waals surface area contributed by atoms with E-state index in [9.17, 15) is 13.2 Å². The summed E-state index contributed by atoms with van der Waals surface area (Å²) in [5.41, 5.74) is 1.82. The molecule has 3 aromatic carbocycles. The largest absolute Gasteiger partial charge is 0.493 e. The number of nitrogens with one attached hydrogen (secondary N) is 1. The third kappa shape index (κ3) is 5.83. The van der Waals surface area contributed by atoms with Crippen molar-refractivity contribution >= 4 is 21.6 Å². The van der Waals surface area contributed by atoms with Crippen molar-refractivity contribution in [3.63, 3.8) is 0 Å². The van der Waals surface area contributed by atoms with Gasteiger partial charge in [0.2, 0.25) is 0 Å². The fraction of sp³-hybridized carbons (Fsp3) is 0.269. The Kier molecular flexibility index (Phi) is 8.65. The van der Waals surface area contributed by atoms with Gasteiger partial charge in [-0.2, -0.15) is 0 Å². The standard InChI is InChI=1S/C26H30N2O7S/c1-28(36(30,31)21-11-13-23(33-3)25(17-21)35-5)20-9-7-19(8-10-20)26(29)27-15-14-18-6-12-22(32-2)24(16-18)34-4/h6-13,16-17H,14-15H2,1-5H3,(H,27,29). The van der Waals surface area contributed by atoms with Crippen LogP contribution in [0.25, 0.3) is 0 Å². The maximum atomic E-state index is 13.1. The van der Waals surface area contributed by atoms with E-state index in [1.54, 1.807) is 38.5 Å². The quantitative estimate of drug-likeness (QED) is 0.418. The predicted octanol–water partition coefficient (Wildman–Crippen LogP) is 3.52. The van der Waals surface area contributed by atoms with Crippen molar-refractivity contribution in [2.24, 2.45) is 0 Å². The summed E-state index contributed by atoms with van der Waals surface area (Å²) in [7, 11) is 3.66. The first-order valence-corrected chi connectivity index (χ1v) is 12.5. The van der Waals surface area contributed by atoms with E-state index in [2.05, 4.69) is 5.32 Å². The Morgan fingerprint density at radius 3 is 1.92 bits per heavy atom. The van der Waals surface area contributed by atoms with E-state index in [1.807, 2.05) is 18.2 Å². The Labute approximate surface area is 211 Å². The molecule has 0 atom stereocenters. The van der Waals surface area contributed by atoms with Gasteiger partial charge in [0.05, 0.1) is 39.0 Å². The van der Waals surface area contributed by atoms with Crippen molar-refractivity contribution in [2.75, 3.05) is 46.3 Å². The Morgan fingerprint density at radius 2 is 1.33 bits per heavy atom. The van der Waals surface area contributed by atoms with Gasteiger partial charge in [0.15, 0.2) is 23.0 Å². The van der Waals surface area contributed by atoms with Crippen LogP contribution in [0, 0.1) is 0 Å². The zero-order valence-corrected chi connectivity index (χ0v) is 21.7. The molecule has 0 heterocycles. The summed E-state index contributed by atoms with van der Waals surface area (Å²) in [5.74, 6) is 1.76. The normalized spacial score (nSPS) is 10.9. The van der Waals surface area contributed by atoms with E-state index >= 15 is 0 Å². The lowest BCUT2D eigenvalue weighted by molar-refractivity contribution is 0.0954. The number of hydrogen-bond acceptors (Lipinski definition) is 7. The van der Waals surface area contributed by atoms with Crippen LogP contribution in [0.4, 0.5) is 5.69 Å². The molecule has 3 aromatic rings. The third-order valence-corrected chi connectivity index (χ3v) is 7.44. The molecule has 0 radical (unpaired) electrons. The minimum absolute atomic E-state index is 0.0552. The van der Waals surface area contributed by atoms with E-state index in [4.69, 9.17) is 18.9 Å². The van der Waals surface area contributed by atoms with Crippen LogP contribution >= 0.6 is 0 Å². The minimum Gasteiger partial charge on any atom is -0.493 e. The number of methoxy groups -OCH3 is 4. The topological polar surface area (TPSA) is 103 Å². The SMILES string of the molecule is COc1ccc(CCNC(=O)c2ccc(N(C)S(=O)(=O)c3ccc(OC)c(OC)c3)cc2)cc1OC. The molecule has 0 aliphatic carbocycles. The third-order valence-electron chi connectivity index (χ3n) is 5.65. The predicted molar refractivity (Wildman–Crippen MR) is 137 cm³/mol. The Balaban J connectivity index is 1.65. The van der Waals surface area contributed by atoms with E-state index < -0.39 is 10.0 Å². The van der Waals surface area contributed by atoms with Crippen molar-refractivity contribution in [1.82, 2.24) is 5.32 Å². The van der Waals surface area contributed by atoms with Crippen LogP contribution in [0.5, 0.6) is 23.0 Å². The van der Waals surface area contributed by atoms with Gasteiger partial charge < -0.3 is 24.3 Å². The van der Waals surface area contributed by atoms with Crippen molar-refractivity contribution in [2.45, 2.75) is 11.3 Å². The second kappa shape index (κ2) is 11.7. The van der Waals surface area contributed by atoms with E-state index in [0.717, 1.165) is 9.87 Å². The Morgan fingerprint density at radius 1 is 0.778 bits per heavy atom. The van der Waals surface area contributed by atoms with Gasteiger partial charge >= 0.3 is 0 Å². The monoisotopic (exact) mass is 514 g/mol. The maximum absolute atomic E-state index is 13.1. The van der Waals surface area contributed by atoms with Gasteiger partial charge in [-0.05, 0) is 60.5 Å². The molecule has 1 amide bonds. The highest BCUT2D eigenvalue weighted by atomic mass is 32.2. The zero-order chi connectivity index (χ0) is 26.3. The van der Waals surface area contributed by atoms with Crippen molar-refractivity contribution in [1.29, 1.82) is 0 Å². The number of rotatable bonds is 11. The van der Waals surface area contributed by atoms with Crippen LogP contribution in [0.1, 0.15) is 15.9 Å². The van der Waals surface area contributed by atoms with E-state index in [-0.39, 0.29) is 10.8 Å². The first-order valence-electron chi connectivity index (χ1n) is 11.0. The fourth-order valence-electron chi connectivity index (χ4n) is 3.56. The van der Waals surface area contributed by atoms with Crippen LogP contribution in [-0.2, 0) is 16.4 Å². The summed E-state index contributed by atoms with van der Waals surface area (Å²) in [5, 5.41) is 2.87. The summed E-state index contributed by atoms with van der Waals surface area (Å²) in [6.45, 7) is 0.420.